The molecule has 21 heavy (non-hydrogen) atoms. The first kappa shape index (κ1) is 14.8. The van der Waals surface area contributed by atoms with Crippen LogP contribution in [0.1, 0.15) is 5.56 Å². The highest BCUT2D eigenvalue weighted by atomic mass is 35.5. The van der Waals surface area contributed by atoms with Crippen LogP contribution in [0.2, 0.25) is 5.02 Å². The van der Waals surface area contributed by atoms with Crippen LogP contribution >= 0.6 is 11.6 Å². The third-order valence-corrected chi connectivity index (χ3v) is 3.17. The standard InChI is InChI=1S/C12H13ClN6O2/c1-6-3-4-7(5-8(6)13)16-12-17-10(14)9(19(20)21)11(15-2)18-12/h3-5H,1-2H3,(H4,14,15,16,17,18). The topological polar surface area (TPSA) is 119 Å². The summed E-state index contributed by atoms with van der Waals surface area (Å²) in [5.74, 6) is -0.0457. The molecular weight excluding hydrogens is 296 g/mol. The summed E-state index contributed by atoms with van der Waals surface area (Å²) in [6, 6.07) is 5.33. The fourth-order valence-corrected chi connectivity index (χ4v) is 1.86. The van der Waals surface area contributed by atoms with Crippen molar-refractivity contribution in [2.24, 2.45) is 0 Å². The first-order valence-electron chi connectivity index (χ1n) is 5.95. The summed E-state index contributed by atoms with van der Waals surface area (Å²) in [5, 5.41) is 17.0. The zero-order valence-electron chi connectivity index (χ0n) is 11.3. The molecule has 0 radical (unpaired) electrons. The lowest BCUT2D eigenvalue weighted by molar-refractivity contribution is -0.383. The average molecular weight is 309 g/mol. The van der Waals surface area contributed by atoms with E-state index in [0.29, 0.717) is 10.7 Å². The number of nitrogens with two attached hydrogens (primary N) is 1. The fourth-order valence-electron chi connectivity index (χ4n) is 1.68. The highest BCUT2D eigenvalue weighted by molar-refractivity contribution is 6.31. The number of benzene rings is 1. The molecule has 0 bridgehead atoms. The van der Waals surface area contributed by atoms with E-state index < -0.39 is 4.92 Å². The molecule has 110 valence electrons. The highest BCUT2D eigenvalue weighted by Gasteiger charge is 2.22. The monoisotopic (exact) mass is 308 g/mol. The molecule has 2 aromatic rings. The maximum atomic E-state index is 10.9. The summed E-state index contributed by atoms with van der Waals surface area (Å²) < 4.78 is 0. The van der Waals surface area contributed by atoms with Crippen molar-refractivity contribution in [2.75, 3.05) is 23.4 Å². The van der Waals surface area contributed by atoms with Crippen molar-refractivity contribution in [2.45, 2.75) is 6.92 Å². The molecule has 0 amide bonds. The normalized spacial score (nSPS) is 10.2. The van der Waals surface area contributed by atoms with Crippen molar-refractivity contribution in [1.82, 2.24) is 9.97 Å². The van der Waals surface area contributed by atoms with Crippen LogP contribution in [0.15, 0.2) is 18.2 Å². The van der Waals surface area contributed by atoms with E-state index >= 15 is 0 Å². The number of aryl methyl sites for hydroxylation is 1. The molecule has 1 heterocycles. The largest absolute Gasteiger partial charge is 0.378 e. The van der Waals surface area contributed by atoms with Gasteiger partial charge < -0.3 is 16.4 Å². The fraction of sp³-hybridized carbons (Fsp3) is 0.167. The summed E-state index contributed by atoms with van der Waals surface area (Å²) in [4.78, 5) is 18.2. The van der Waals surface area contributed by atoms with Gasteiger partial charge in [0.2, 0.25) is 17.6 Å². The summed E-state index contributed by atoms with van der Waals surface area (Å²) >= 11 is 6.03. The predicted octanol–water partition coefficient (Wildman–Crippen LogP) is 2.71. The van der Waals surface area contributed by atoms with Gasteiger partial charge in [-0.1, -0.05) is 17.7 Å². The minimum absolute atomic E-state index is 0.0354. The number of hydrogen-bond donors (Lipinski definition) is 3. The molecule has 0 saturated heterocycles. The van der Waals surface area contributed by atoms with Gasteiger partial charge in [-0.15, -0.1) is 0 Å². The maximum Gasteiger partial charge on any atom is 0.353 e. The van der Waals surface area contributed by atoms with Crippen molar-refractivity contribution in [3.05, 3.63) is 38.9 Å². The number of nitrogen functional groups attached to an aromatic ring is 1. The van der Waals surface area contributed by atoms with Crippen LogP contribution in [0.4, 0.5) is 29.0 Å². The summed E-state index contributed by atoms with van der Waals surface area (Å²) in [7, 11) is 1.52. The van der Waals surface area contributed by atoms with Gasteiger partial charge in [0.25, 0.3) is 0 Å². The van der Waals surface area contributed by atoms with E-state index in [2.05, 4.69) is 20.6 Å². The Labute approximate surface area is 125 Å². The third-order valence-electron chi connectivity index (χ3n) is 2.76. The molecule has 1 aromatic heterocycles. The van der Waals surface area contributed by atoms with E-state index in [1.807, 2.05) is 13.0 Å². The Kier molecular flexibility index (Phi) is 4.08. The molecule has 0 fully saturated rings. The number of nitrogens with zero attached hydrogens (tertiary/aromatic N) is 3. The number of anilines is 4. The zero-order chi connectivity index (χ0) is 15.6. The Balaban J connectivity index is 2.39. The number of halogens is 1. The van der Waals surface area contributed by atoms with Crippen molar-refractivity contribution < 1.29 is 4.92 Å². The van der Waals surface area contributed by atoms with Crippen LogP contribution in [-0.2, 0) is 0 Å². The molecule has 0 aliphatic rings. The van der Waals surface area contributed by atoms with Gasteiger partial charge in [-0.05, 0) is 24.6 Å². The number of nitro groups is 1. The van der Waals surface area contributed by atoms with E-state index in [9.17, 15) is 10.1 Å². The Morgan fingerprint density at radius 3 is 2.67 bits per heavy atom. The van der Waals surface area contributed by atoms with Gasteiger partial charge in [-0.2, -0.15) is 9.97 Å². The lowest BCUT2D eigenvalue weighted by Gasteiger charge is -2.09. The Hall–Kier alpha value is -2.61. The molecule has 0 unspecified atom stereocenters. The van der Waals surface area contributed by atoms with E-state index in [1.165, 1.54) is 7.05 Å². The lowest BCUT2D eigenvalue weighted by atomic mass is 10.2. The van der Waals surface area contributed by atoms with Crippen molar-refractivity contribution in [1.29, 1.82) is 0 Å². The Bertz CT molecular complexity index is 706. The maximum absolute atomic E-state index is 10.9. The second kappa shape index (κ2) is 5.80. The van der Waals surface area contributed by atoms with E-state index in [0.717, 1.165) is 5.56 Å². The van der Waals surface area contributed by atoms with Gasteiger partial charge in [-0.3, -0.25) is 10.1 Å². The minimum Gasteiger partial charge on any atom is -0.378 e. The molecule has 4 N–H and O–H groups in total. The minimum atomic E-state index is -0.631. The molecule has 1 aromatic carbocycles. The lowest BCUT2D eigenvalue weighted by Crippen LogP contribution is -2.08. The van der Waals surface area contributed by atoms with Gasteiger partial charge in [0.15, 0.2) is 0 Å². The molecule has 0 atom stereocenters. The first-order valence-corrected chi connectivity index (χ1v) is 6.33. The SMILES string of the molecule is CNc1nc(Nc2ccc(C)c(Cl)c2)nc(N)c1[N+](=O)[O-]. The number of aromatic nitrogens is 2. The van der Waals surface area contributed by atoms with E-state index in [4.69, 9.17) is 17.3 Å². The van der Waals surface area contributed by atoms with Gasteiger partial charge in [0.1, 0.15) is 0 Å². The van der Waals surface area contributed by atoms with Crippen LogP contribution in [0.5, 0.6) is 0 Å². The smallest absolute Gasteiger partial charge is 0.353 e. The molecule has 0 aliphatic carbocycles. The molecule has 0 aliphatic heterocycles. The van der Waals surface area contributed by atoms with E-state index in [1.54, 1.807) is 12.1 Å². The van der Waals surface area contributed by atoms with Gasteiger partial charge in [0.05, 0.1) is 4.92 Å². The van der Waals surface area contributed by atoms with Crippen LogP contribution < -0.4 is 16.4 Å². The third kappa shape index (κ3) is 3.11. The van der Waals surface area contributed by atoms with Crippen molar-refractivity contribution >= 4 is 40.6 Å². The Morgan fingerprint density at radius 2 is 2.10 bits per heavy atom. The van der Waals surface area contributed by atoms with Gasteiger partial charge in [-0.25, -0.2) is 0 Å². The number of hydrogen-bond acceptors (Lipinski definition) is 7. The van der Waals surface area contributed by atoms with Gasteiger partial charge in [0, 0.05) is 17.8 Å². The molecule has 8 nitrogen and oxygen atoms in total. The first-order chi connectivity index (χ1) is 9.92. The second-order valence-corrected chi connectivity index (χ2v) is 4.63. The molecule has 9 heteroatoms. The predicted molar refractivity (Wildman–Crippen MR) is 82.1 cm³/mol. The quantitative estimate of drug-likeness (QED) is 0.586. The van der Waals surface area contributed by atoms with Crippen molar-refractivity contribution in [3.63, 3.8) is 0 Å². The summed E-state index contributed by atoms with van der Waals surface area (Å²) in [6.07, 6.45) is 0. The molecule has 2 rings (SSSR count). The second-order valence-electron chi connectivity index (χ2n) is 4.23. The van der Waals surface area contributed by atoms with E-state index in [-0.39, 0.29) is 23.3 Å². The number of nitrogens with one attached hydrogen (secondary N) is 2. The highest BCUT2D eigenvalue weighted by Crippen LogP contribution is 2.30. The van der Waals surface area contributed by atoms with Crippen LogP contribution in [0.25, 0.3) is 0 Å². The molecular formula is C12H13ClN6O2. The average Bonchev–Trinajstić information content (AvgIpc) is 2.41. The summed E-state index contributed by atoms with van der Waals surface area (Å²) in [5.41, 5.74) is 6.84. The van der Waals surface area contributed by atoms with Gasteiger partial charge >= 0.3 is 5.69 Å². The van der Waals surface area contributed by atoms with Crippen molar-refractivity contribution in [3.8, 4) is 0 Å². The molecule has 0 spiro atoms. The van der Waals surface area contributed by atoms with Crippen LogP contribution in [-0.4, -0.2) is 21.9 Å². The molecule has 0 saturated carbocycles. The zero-order valence-corrected chi connectivity index (χ0v) is 12.1. The van der Waals surface area contributed by atoms with Crippen LogP contribution in [0, 0.1) is 17.0 Å². The Morgan fingerprint density at radius 1 is 1.38 bits per heavy atom. The summed E-state index contributed by atoms with van der Waals surface area (Å²) in [6.45, 7) is 1.88. The van der Waals surface area contributed by atoms with Crippen LogP contribution in [0.3, 0.4) is 0 Å². The number of rotatable bonds is 4.